The van der Waals surface area contributed by atoms with Crippen LogP contribution in [0.2, 0.25) is 0 Å². The third-order valence-corrected chi connectivity index (χ3v) is 4.42. The van der Waals surface area contributed by atoms with E-state index < -0.39 is 0 Å². The first-order chi connectivity index (χ1) is 9.11. The second-order valence-electron chi connectivity index (χ2n) is 5.79. The van der Waals surface area contributed by atoms with E-state index in [-0.39, 0.29) is 5.41 Å². The molecular formula is C17H21NO. The van der Waals surface area contributed by atoms with Crippen LogP contribution in [0.3, 0.4) is 0 Å². The lowest BCUT2D eigenvalue weighted by Crippen LogP contribution is -2.30. The van der Waals surface area contributed by atoms with Crippen LogP contribution in [0.25, 0.3) is 0 Å². The minimum absolute atomic E-state index is 0.114. The first-order valence-corrected chi connectivity index (χ1v) is 6.97. The van der Waals surface area contributed by atoms with Gasteiger partial charge in [-0.2, -0.15) is 0 Å². The molecule has 0 spiro atoms. The van der Waals surface area contributed by atoms with Crippen molar-refractivity contribution in [2.24, 2.45) is 0 Å². The molecule has 1 N–H and O–H groups in total. The SMILES string of the molecule is Cc1cc(C2(C)CCNC2c2ccccc2)c(C)o1. The van der Waals surface area contributed by atoms with E-state index in [1.54, 1.807) is 0 Å². The number of furan rings is 1. The van der Waals surface area contributed by atoms with Gasteiger partial charge in [-0.1, -0.05) is 37.3 Å². The Morgan fingerprint density at radius 2 is 1.95 bits per heavy atom. The van der Waals surface area contributed by atoms with E-state index in [2.05, 4.69) is 55.6 Å². The lowest BCUT2D eigenvalue weighted by molar-refractivity contribution is 0.401. The predicted molar refractivity (Wildman–Crippen MR) is 77.3 cm³/mol. The molecule has 1 aliphatic heterocycles. The van der Waals surface area contributed by atoms with Crippen LogP contribution in [0, 0.1) is 13.8 Å². The molecule has 100 valence electrons. The van der Waals surface area contributed by atoms with Crippen molar-refractivity contribution in [1.82, 2.24) is 5.32 Å². The van der Waals surface area contributed by atoms with Crippen molar-refractivity contribution in [3.05, 3.63) is 59.0 Å². The summed E-state index contributed by atoms with van der Waals surface area (Å²) in [7, 11) is 0. The summed E-state index contributed by atoms with van der Waals surface area (Å²) in [6, 6.07) is 13.3. The van der Waals surface area contributed by atoms with Crippen LogP contribution in [-0.4, -0.2) is 6.54 Å². The van der Waals surface area contributed by atoms with Crippen molar-refractivity contribution in [2.45, 2.75) is 38.6 Å². The molecule has 0 bridgehead atoms. The third kappa shape index (κ3) is 2.00. The minimum Gasteiger partial charge on any atom is -0.466 e. The van der Waals surface area contributed by atoms with Crippen molar-refractivity contribution in [2.75, 3.05) is 6.54 Å². The fourth-order valence-corrected chi connectivity index (χ4v) is 3.46. The summed E-state index contributed by atoms with van der Waals surface area (Å²) in [6.07, 6.45) is 1.15. The van der Waals surface area contributed by atoms with Crippen LogP contribution in [0.5, 0.6) is 0 Å². The van der Waals surface area contributed by atoms with Crippen molar-refractivity contribution in [1.29, 1.82) is 0 Å². The summed E-state index contributed by atoms with van der Waals surface area (Å²) in [5.41, 5.74) is 2.83. The maximum Gasteiger partial charge on any atom is 0.104 e. The number of hydrogen-bond donors (Lipinski definition) is 1. The largest absolute Gasteiger partial charge is 0.466 e. The second-order valence-corrected chi connectivity index (χ2v) is 5.79. The molecular weight excluding hydrogens is 234 g/mol. The molecule has 2 nitrogen and oxygen atoms in total. The zero-order valence-corrected chi connectivity index (χ0v) is 11.9. The molecule has 2 heteroatoms. The van der Waals surface area contributed by atoms with Gasteiger partial charge in [0.2, 0.25) is 0 Å². The van der Waals surface area contributed by atoms with E-state index in [1.165, 1.54) is 11.1 Å². The summed E-state index contributed by atoms with van der Waals surface area (Å²) in [5, 5.41) is 3.66. The van der Waals surface area contributed by atoms with Crippen LogP contribution in [0.1, 0.15) is 42.0 Å². The topological polar surface area (TPSA) is 25.2 Å². The fourth-order valence-electron chi connectivity index (χ4n) is 3.46. The van der Waals surface area contributed by atoms with E-state index >= 15 is 0 Å². The van der Waals surface area contributed by atoms with Crippen molar-refractivity contribution < 1.29 is 4.42 Å². The smallest absolute Gasteiger partial charge is 0.104 e. The maximum absolute atomic E-state index is 5.75. The van der Waals surface area contributed by atoms with Crippen molar-refractivity contribution in [3.63, 3.8) is 0 Å². The monoisotopic (exact) mass is 255 g/mol. The molecule has 1 aliphatic rings. The Kier molecular flexibility index (Phi) is 2.98. The normalized spacial score (nSPS) is 26.8. The quantitative estimate of drug-likeness (QED) is 0.880. The summed E-state index contributed by atoms with van der Waals surface area (Å²) < 4.78 is 5.75. The molecule has 0 amide bonds. The molecule has 2 heterocycles. The Hall–Kier alpha value is -1.54. The molecule has 0 saturated carbocycles. The van der Waals surface area contributed by atoms with Crippen molar-refractivity contribution in [3.8, 4) is 0 Å². The molecule has 1 saturated heterocycles. The van der Waals surface area contributed by atoms with Gasteiger partial charge in [-0.05, 0) is 38.4 Å². The Morgan fingerprint density at radius 1 is 1.21 bits per heavy atom. The van der Waals surface area contributed by atoms with Gasteiger partial charge in [-0.3, -0.25) is 0 Å². The highest BCUT2D eigenvalue weighted by Gasteiger charge is 2.42. The van der Waals surface area contributed by atoms with Gasteiger partial charge < -0.3 is 9.73 Å². The first kappa shape index (κ1) is 12.5. The van der Waals surface area contributed by atoms with Crippen molar-refractivity contribution >= 4 is 0 Å². The number of benzene rings is 1. The van der Waals surface area contributed by atoms with Crippen LogP contribution in [0.15, 0.2) is 40.8 Å². The summed E-state index contributed by atoms with van der Waals surface area (Å²) >= 11 is 0. The highest BCUT2D eigenvalue weighted by molar-refractivity contribution is 5.37. The standard InChI is InChI=1S/C17H21NO/c1-12-11-15(13(2)19-12)17(3)9-10-18-16(17)14-7-5-4-6-8-14/h4-8,11,16,18H,9-10H2,1-3H3. The lowest BCUT2D eigenvalue weighted by atomic mass is 9.73. The highest BCUT2D eigenvalue weighted by atomic mass is 16.3. The molecule has 1 fully saturated rings. The Labute approximate surface area is 114 Å². The number of aryl methyl sites for hydroxylation is 2. The first-order valence-electron chi connectivity index (χ1n) is 6.97. The van der Waals surface area contributed by atoms with E-state index in [0.29, 0.717) is 6.04 Å². The summed E-state index contributed by atoms with van der Waals surface area (Å²) in [6.45, 7) is 7.51. The van der Waals surface area contributed by atoms with E-state index in [9.17, 15) is 0 Å². The predicted octanol–water partition coefficient (Wildman–Crippen LogP) is 3.89. The number of hydrogen-bond acceptors (Lipinski definition) is 2. The summed E-state index contributed by atoms with van der Waals surface area (Å²) in [5.74, 6) is 2.07. The average molecular weight is 255 g/mol. The van der Waals surface area contributed by atoms with Gasteiger partial charge in [0.05, 0.1) is 0 Å². The number of nitrogens with one attached hydrogen (secondary N) is 1. The number of rotatable bonds is 2. The Bertz CT molecular complexity index is 572. The Morgan fingerprint density at radius 3 is 2.58 bits per heavy atom. The zero-order valence-electron chi connectivity index (χ0n) is 11.9. The maximum atomic E-state index is 5.75. The van der Waals surface area contributed by atoms with E-state index in [0.717, 1.165) is 24.5 Å². The molecule has 2 aromatic rings. The van der Waals surface area contributed by atoms with Gasteiger partial charge >= 0.3 is 0 Å². The molecule has 0 aliphatic carbocycles. The zero-order chi connectivity index (χ0) is 13.5. The lowest BCUT2D eigenvalue weighted by Gasteiger charge is -2.31. The van der Waals surface area contributed by atoms with Crippen LogP contribution >= 0.6 is 0 Å². The van der Waals surface area contributed by atoms with Crippen LogP contribution in [-0.2, 0) is 5.41 Å². The van der Waals surface area contributed by atoms with Crippen LogP contribution in [0.4, 0.5) is 0 Å². The molecule has 2 unspecified atom stereocenters. The minimum atomic E-state index is 0.114. The molecule has 2 atom stereocenters. The molecule has 1 aromatic heterocycles. The molecule has 19 heavy (non-hydrogen) atoms. The highest BCUT2D eigenvalue weighted by Crippen LogP contribution is 2.45. The third-order valence-electron chi connectivity index (χ3n) is 4.42. The molecule has 0 radical (unpaired) electrons. The fraction of sp³-hybridized carbons (Fsp3) is 0.412. The van der Waals surface area contributed by atoms with E-state index in [1.807, 2.05) is 6.92 Å². The molecule has 3 rings (SSSR count). The van der Waals surface area contributed by atoms with Gasteiger partial charge in [-0.15, -0.1) is 0 Å². The average Bonchev–Trinajstić information content (AvgIpc) is 2.94. The van der Waals surface area contributed by atoms with Gasteiger partial charge in [0.25, 0.3) is 0 Å². The van der Waals surface area contributed by atoms with Gasteiger partial charge in [-0.25, -0.2) is 0 Å². The second kappa shape index (κ2) is 4.53. The van der Waals surface area contributed by atoms with Gasteiger partial charge in [0.15, 0.2) is 0 Å². The molecule has 1 aromatic carbocycles. The summed E-state index contributed by atoms with van der Waals surface area (Å²) in [4.78, 5) is 0. The Balaban J connectivity index is 2.05. The van der Waals surface area contributed by atoms with Crippen LogP contribution < -0.4 is 5.32 Å². The van der Waals surface area contributed by atoms with Gasteiger partial charge in [0, 0.05) is 17.0 Å². The van der Waals surface area contributed by atoms with Gasteiger partial charge in [0.1, 0.15) is 11.5 Å². The van der Waals surface area contributed by atoms with E-state index in [4.69, 9.17) is 4.42 Å².